The lowest BCUT2D eigenvalue weighted by molar-refractivity contribution is -0.143. The number of ether oxygens (including phenoxy) is 4. The van der Waals surface area contributed by atoms with E-state index in [9.17, 15) is 4.79 Å². The predicted molar refractivity (Wildman–Crippen MR) is 102 cm³/mol. The lowest BCUT2D eigenvalue weighted by atomic mass is 10.0. The molecule has 0 aliphatic heterocycles. The van der Waals surface area contributed by atoms with Crippen LogP contribution in [0.3, 0.4) is 0 Å². The molecule has 0 fully saturated rings. The van der Waals surface area contributed by atoms with E-state index in [0.29, 0.717) is 26.4 Å². The summed E-state index contributed by atoms with van der Waals surface area (Å²) in [6.45, 7) is 10.4. The topological polar surface area (TPSA) is 54.0 Å². The maximum absolute atomic E-state index is 11.1. The van der Waals surface area contributed by atoms with E-state index in [4.69, 9.17) is 14.2 Å². The zero-order chi connectivity index (χ0) is 19.5. The van der Waals surface area contributed by atoms with Crippen LogP contribution in [0.2, 0.25) is 0 Å². The van der Waals surface area contributed by atoms with Crippen molar-refractivity contribution >= 4 is 5.97 Å². The van der Waals surface area contributed by atoms with Crippen LogP contribution in [-0.4, -0.2) is 44.1 Å². The average Bonchev–Trinajstić information content (AvgIpc) is 2.59. The van der Waals surface area contributed by atoms with Crippen molar-refractivity contribution in [2.45, 2.75) is 64.8 Å². The molecule has 148 valence electrons. The highest BCUT2D eigenvalue weighted by Gasteiger charge is 2.23. The van der Waals surface area contributed by atoms with Crippen molar-refractivity contribution in [3.63, 3.8) is 0 Å². The number of carbonyl (C=O) groups excluding carboxylic acids is 1. The molecule has 0 spiro atoms. The van der Waals surface area contributed by atoms with Crippen LogP contribution in [0.15, 0.2) is 30.3 Å². The van der Waals surface area contributed by atoms with E-state index in [1.54, 1.807) is 0 Å². The van der Waals surface area contributed by atoms with E-state index >= 15 is 0 Å². The van der Waals surface area contributed by atoms with Gasteiger partial charge >= 0.3 is 5.97 Å². The zero-order valence-electron chi connectivity index (χ0n) is 16.9. The monoisotopic (exact) mass is 366 g/mol. The van der Waals surface area contributed by atoms with Gasteiger partial charge in [-0.3, -0.25) is 4.79 Å². The van der Waals surface area contributed by atoms with Crippen molar-refractivity contribution < 1.29 is 23.7 Å². The van der Waals surface area contributed by atoms with Crippen LogP contribution in [0, 0.1) is 0 Å². The minimum atomic E-state index is -0.339. The molecule has 26 heavy (non-hydrogen) atoms. The van der Waals surface area contributed by atoms with E-state index in [1.807, 2.05) is 32.0 Å². The molecule has 0 heterocycles. The van der Waals surface area contributed by atoms with Crippen molar-refractivity contribution in [1.29, 1.82) is 0 Å². The van der Waals surface area contributed by atoms with Crippen LogP contribution in [0.1, 0.15) is 52.5 Å². The maximum Gasteiger partial charge on any atom is 0.307 e. The number of carbonyl (C=O) groups is 1. The summed E-state index contributed by atoms with van der Waals surface area (Å²) in [7, 11) is 1.38. The summed E-state index contributed by atoms with van der Waals surface area (Å²) in [6, 6.07) is 10.1. The van der Waals surface area contributed by atoms with Crippen molar-refractivity contribution in [2.75, 3.05) is 26.9 Å². The Morgan fingerprint density at radius 1 is 0.885 bits per heavy atom. The molecular formula is C21H34O5. The minimum absolute atomic E-state index is 0.251. The third-order valence-electron chi connectivity index (χ3n) is 4.18. The first-order valence-electron chi connectivity index (χ1n) is 9.20. The lowest BCUT2D eigenvalue weighted by Crippen LogP contribution is -2.32. The molecule has 0 saturated heterocycles. The molecule has 0 aromatic heterocycles. The number of rotatable bonds is 13. The minimum Gasteiger partial charge on any atom is -0.469 e. The quantitative estimate of drug-likeness (QED) is 0.388. The Kier molecular flexibility index (Phi) is 9.84. The highest BCUT2D eigenvalue weighted by Crippen LogP contribution is 2.20. The number of esters is 1. The average molecular weight is 366 g/mol. The first-order chi connectivity index (χ1) is 12.2. The first kappa shape index (κ1) is 22.6. The first-order valence-corrected chi connectivity index (χ1v) is 9.20. The number of benzene rings is 1. The number of methoxy groups -OCH3 is 1. The Bertz CT molecular complexity index is 510. The van der Waals surface area contributed by atoms with Gasteiger partial charge in [0.05, 0.1) is 44.6 Å². The molecule has 0 N–H and O–H groups in total. The SMILES string of the molecule is COC(=O)CCOC(C)(C)CCOC(C)(C)CCOCc1ccccc1. The molecule has 0 saturated carbocycles. The fourth-order valence-electron chi connectivity index (χ4n) is 2.31. The molecular weight excluding hydrogens is 332 g/mol. The van der Waals surface area contributed by atoms with Crippen LogP contribution in [0.25, 0.3) is 0 Å². The van der Waals surface area contributed by atoms with Crippen LogP contribution >= 0.6 is 0 Å². The number of hydrogen-bond acceptors (Lipinski definition) is 5. The Hall–Kier alpha value is -1.43. The van der Waals surface area contributed by atoms with Gasteiger partial charge in [-0.05, 0) is 46.1 Å². The van der Waals surface area contributed by atoms with Gasteiger partial charge in [-0.1, -0.05) is 30.3 Å². The van der Waals surface area contributed by atoms with Gasteiger partial charge in [0.15, 0.2) is 0 Å². The number of hydrogen-bond donors (Lipinski definition) is 0. The Morgan fingerprint density at radius 3 is 2.08 bits per heavy atom. The van der Waals surface area contributed by atoms with Crippen LogP contribution in [-0.2, 0) is 30.3 Å². The lowest BCUT2D eigenvalue weighted by Gasteiger charge is -2.29. The van der Waals surface area contributed by atoms with Crippen LogP contribution in [0.5, 0.6) is 0 Å². The fraction of sp³-hybridized carbons (Fsp3) is 0.667. The standard InChI is InChI=1S/C21H34O5/c1-20(2,12-15-24-17-18-9-7-6-8-10-18)26-16-13-21(3,4)25-14-11-19(22)23-5/h6-10H,11-17H2,1-5H3. The summed E-state index contributed by atoms with van der Waals surface area (Å²) >= 11 is 0. The second kappa shape index (κ2) is 11.3. The normalized spacial score (nSPS) is 12.2. The second-order valence-corrected chi connectivity index (χ2v) is 7.58. The van der Waals surface area contributed by atoms with E-state index < -0.39 is 0 Å². The summed E-state index contributed by atoms with van der Waals surface area (Å²) in [5.41, 5.74) is 0.587. The van der Waals surface area contributed by atoms with Crippen LogP contribution in [0.4, 0.5) is 0 Å². The van der Waals surface area contributed by atoms with E-state index in [-0.39, 0.29) is 23.6 Å². The summed E-state index contributed by atoms with van der Waals surface area (Å²) < 4.78 is 22.1. The molecule has 5 heteroatoms. The Morgan fingerprint density at radius 2 is 1.46 bits per heavy atom. The molecule has 0 amide bonds. The smallest absolute Gasteiger partial charge is 0.307 e. The summed E-state index contributed by atoms with van der Waals surface area (Å²) in [5.74, 6) is -0.256. The van der Waals surface area contributed by atoms with E-state index in [1.165, 1.54) is 12.7 Å². The fourth-order valence-corrected chi connectivity index (χ4v) is 2.31. The molecule has 5 nitrogen and oxygen atoms in total. The van der Waals surface area contributed by atoms with Crippen molar-refractivity contribution in [3.05, 3.63) is 35.9 Å². The largest absolute Gasteiger partial charge is 0.469 e. The molecule has 0 unspecified atom stereocenters. The summed E-state index contributed by atoms with van der Waals surface area (Å²) in [6.07, 6.45) is 1.84. The van der Waals surface area contributed by atoms with Gasteiger partial charge in [-0.25, -0.2) is 0 Å². The van der Waals surface area contributed by atoms with E-state index in [0.717, 1.165) is 12.8 Å². The summed E-state index contributed by atoms with van der Waals surface area (Å²) in [5, 5.41) is 0. The molecule has 1 rings (SSSR count). The molecule has 0 aliphatic rings. The molecule has 1 aromatic carbocycles. The van der Waals surface area contributed by atoms with Crippen molar-refractivity contribution in [3.8, 4) is 0 Å². The second-order valence-electron chi connectivity index (χ2n) is 7.58. The molecule has 0 aliphatic carbocycles. The van der Waals surface area contributed by atoms with Gasteiger partial charge < -0.3 is 18.9 Å². The Balaban J connectivity index is 2.17. The van der Waals surface area contributed by atoms with Gasteiger partial charge in [-0.15, -0.1) is 0 Å². The third-order valence-corrected chi connectivity index (χ3v) is 4.18. The van der Waals surface area contributed by atoms with Gasteiger partial charge in [-0.2, -0.15) is 0 Å². The highest BCUT2D eigenvalue weighted by atomic mass is 16.5. The van der Waals surface area contributed by atoms with Gasteiger partial charge in [0.2, 0.25) is 0 Å². The van der Waals surface area contributed by atoms with Gasteiger partial charge in [0.25, 0.3) is 0 Å². The zero-order valence-corrected chi connectivity index (χ0v) is 16.9. The Labute approximate surface area is 158 Å². The third kappa shape index (κ3) is 10.5. The predicted octanol–water partition coefficient (Wildman–Crippen LogP) is 4.14. The van der Waals surface area contributed by atoms with Crippen molar-refractivity contribution in [1.82, 2.24) is 0 Å². The molecule has 0 bridgehead atoms. The summed E-state index contributed by atoms with van der Waals surface area (Å²) in [4.78, 5) is 11.1. The molecule has 1 aromatic rings. The molecule has 0 radical (unpaired) electrons. The highest BCUT2D eigenvalue weighted by molar-refractivity contribution is 5.69. The van der Waals surface area contributed by atoms with Crippen molar-refractivity contribution in [2.24, 2.45) is 0 Å². The van der Waals surface area contributed by atoms with E-state index in [2.05, 4.69) is 30.7 Å². The van der Waals surface area contributed by atoms with Gasteiger partial charge in [0.1, 0.15) is 0 Å². The molecule has 0 atom stereocenters. The maximum atomic E-state index is 11.1. The van der Waals surface area contributed by atoms with Crippen LogP contribution < -0.4 is 0 Å². The van der Waals surface area contributed by atoms with Gasteiger partial charge in [0, 0.05) is 6.61 Å².